The Kier molecular flexibility index (Phi) is 8.00. The standard InChI is InChI=1S/C25H32O4/c1-7-9-19-10-12-20(13-11-19)24(26)29-23-18(6)14-17(5)15-21(23)22(16(3)4)25(27)28-8-2/h10-16,22H,7-9H2,1-6H3. The molecular formula is C25H32O4. The van der Waals surface area contributed by atoms with E-state index >= 15 is 0 Å². The van der Waals surface area contributed by atoms with Gasteiger partial charge in [-0.05, 0) is 56.4 Å². The van der Waals surface area contributed by atoms with Crippen LogP contribution in [0.1, 0.15) is 72.6 Å². The van der Waals surface area contributed by atoms with Crippen LogP contribution in [0.2, 0.25) is 0 Å². The van der Waals surface area contributed by atoms with Crippen molar-refractivity contribution in [3.8, 4) is 5.75 Å². The first-order valence-corrected chi connectivity index (χ1v) is 10.4. The molecule has 0 amide bonds. The SMILES string of the molecule is CCCc1ccc(C(=O)Oc2c(C)cc(C)cc2C(C(=O)OCC)C(C)C)cc1. The molecule has 0 fully saturated rings. The average Bonchev–Trinajstić information content (AvgIpc) is 2.65. The maximum absolute atomic E-state index is 12.8. The van der Waals surface area contributed by atoms with E-state index in [0.29, 0.717) is 23.5 Å². The van der Waals surface area contributed by atoms with Crippen molar-refractivity contribution in [2.45, 2.75) is 60.3 Å². The molecule has 1 unspecified atom stereocenters. The number of esters is 2. The van der Waals surface area contributed by atoms with Crippen LogP contribution >= 0.6 is 0 Å². The second-order valence-corrected chi connectivity index (χ2v) is 7.81. The molecule has 1 atom stereocenters. The first kappa shape index (κ1) is 22.7. The first-order valence-electron chi connectivity index (χ1n) is 10.4. The van der Waals surface area contributed by atoms with E-state index in [0.717, 1.165) is 24.0 Å². The van der Waals surface area contributed by atoms with Gasteiger partial charge in [-0.25, -0.2) is 4.79 Å². The van der Waals surface area contributed by atoms with Crippen LogP contribution in [0.25, 0.3) is 0 Å². The molecule has 0 saturated carbocycles. The van der Waals surface area contributed by atoms with E-state index in [1.54, 1.807) is 19.1 Å². The molecule has 4 nitrogen and oxygen atoms in total. The molecule has 0 saturated heterocycles. The number of hydrogen-bond donors (Lipinski definition) is 0. The third kappa shape index (κ3) is 5.69. The zero-order valence-corrected chi connectivity index (χ0v) is 18.4. The third-order valence-electron chi connectivity index (χ3n) is 4.91. The van der Waals surface area contributed by atoms with Gasteiger partial charge in [-0.1, -0.05) is 57.0 Å². The summed E-state index contributed by atoms with van der Waals surface area (Å²) in [5.41, 5.74) is 4.22. The molecule has 0 aliphatic heterocycles. The van der Waals surface area contributed by atoms with Gasteiger partial charge in [0.1, 0.15) is 5.75 Å². The van der Waals surface area contributed by atoms with Gasteiger partial charge in [0.15, 0.2) is 0 Å². The molecule has 0 radical (unpaired) electrons. The lowest BCUT2D eigenvalue weighted by Crippen LogP contribution is -2.23. The minimum absolute atomic E-state index is 0.000953. The van der Waals surface area contributed by atoms with Crippen LogP contribution in [0.5, 0.6) is 5.75 Å². The lowest BCUT2D eigenvalue weighted by molar-refractivity contribution is -0.146. The summed E-state index contributed by atoms with van der Waals surface area (Å²) < 4.78 is 11.1. The Morgan fingerprint density at radius 2 is 1.66 bits per heavy atom. The number of carbonyl (C=O) groups is 2. The first-order chi connectivity index (χ1) is 13.8. The van der Waals surface area contributed by atoms with E-state index in [4.69, 9.17) is 9.47 Å². The van der Waals surface area contributed by atoms with Gasteiger partial charge in [-0.15, -0.1) is 0 Å². The summed E-state index contributed by atoms with van der Waals surface area (Å²) in [6.45, 7) is 12.0. The Morgan fingerprint density at radius 1 is 1.00 bits per heavy atom. The van der Waals surface area contributed by atoms with E-state index < -0.39 is 11.9 Å². The van der Waals surface area contributed by atoms with E-state index in [1.165, 1.54) is 5.56 Å². The summed E-state index contributed by atoms with van der Waals surface area (Å²) in [7, 11) is 0. The van der Waals surface area contributed by atoms with Crippen molar-refractivity contribution in [1.29, 1.82) is 0 Å². The zero-order chi connectivity index (χ0) is 21.6. The predicted molar refractivity (Wildman–Crippen MR) is 116 cm³/mol. The third-order valence-corrected chi connectivity index (χ3v) is 4.91. The monoisotopic (exact) mass is 396 g/mol. The fourth-order valence-electron chi connectivity index (χ4n) is 3.60. The smallest absolute Gasteiger partial charge is 0.343 e. The summed E-state index contributed by atoms with van der Waals surface area (Å²) in [6, 6.07) is 11.4. The summed E-state index contributed by atoms with van der Waals surface area (Å²) >= 11 is 0. The Bertz CT molecular complexity index is 850. The van der Waals surface area contributed by atoms with Gasteiger partial charge in [0.05, 0.1) is 18.1 Å². The van der Waals surface area contributed by atoms with Gasteiger partial charge in [0.25, 0.3) is 0 Å². The van der Waals surface area contributed by atoms with Crippen LogP contribution < -0.4 is 4.74 Å². The Hall–Kier alpha value is -2.62. The second-order valence-electron chi connectivity index (χ2n) is 7.81. The number of ether oxygens (including phenoxy) is 2. The molecule has 2 aromatic carbocycles. The van der Waals surface area contributed by atoms with Crippen LogP contribution in [0.15, 0.2) is 36.4 Å². The summed E-state index contributed by atoms with van der Waals surface area (Å²) in [5.74, 6) is -0.768. The van der Waals surface area contributed by atoms with Crippen molar-refractivity contribution in [1.82, 2.24) is 0 Å². The van der Waals surface area contributed by atoms with E-state index in [2.05, 4.69) is 6.92 Å². The Balaban J connectivity index is 2.41. The van der Waals surface area contributed by atoms with Crippen LogP contribution in [0.4, 0.5) is 0 Å². The summed E-state index contributed by atoms with van der Waals surface area (Å²) in [4.78, 5) is 25.5. The number of carbonyl (C=O) groups excluding carboxylic acids is 2. The zero-order valence-electron chi connectivity index (χ0n) is 18.4. The van der Waals surface area contributed by atoms with Crippen molar-refractivity contribution in [2.75, 3.05) is 6.61 Å². The van der Waals surface area contributed by atoms with Crippen molar-refractivity contribution >= 4 is 11.9 Å². The summed E-state index contributed by atoms with van der Waals surface area (Å²) in [5, 5.41) is 0. The van der Waals surface area contributed by atoms with Crippen molar-refractivity contribution < 1.29 is 19.1 Å². The highest BCUT2D eigenvalue weighted by Crippen LogP contribution is 2.37. The predicted octanol–water partition coefficient (Wildman–Crippen LogP) is 5.78. The number of hydrogen-bond acceptors (Lipinski definition) is 4. The minimum atomic E-state index is -0.497. The Labute approximate surface area is 174 Å². The highest BCUT2D eigenvalue weighted by atomic mass is 16.5. The molecule has 0 bridgehead atoms. The molecule has 0 heterocycles. The molecule has 0 aromatic heterocycles. The van der Waals surface area contributed by atoms with Gasteiger partial charge in [-0.2, -0.15) is 0 Å². The lowest BCUT2D eigenvalue weighted by Gasteiger charge is -2.23. The van der Waals surface area contributed by atoms with Gasteiger partial charge < -0.3 is 9.47 Å². The molecule has 0 aliphatic carbocycles. The molecule has 2 rings (SSSR count). The largest absolute Gasteiger partial charge is 0.466 e. The maximum atomic E-state index is 12.8. The fraction of sp³-hybridized carbons (Fsp3) is 0.440. The molecule has 2 aromatic rings. The average molecular weight is 397 g/mol. The molecule has 0 spiro atoms. The Morgan fingerprint density at radius 3 is 2.21 bits per heavy atom. The van der Waals surface area contributed by atoms with Crippen LogP contribution in [-0.4, -0.2) is 18.5 Å². The maximum Gasteiger partial charge on any atom is 0.343 e. The van der Waals surface area contributed by atoms with Gasteiger partial charge in [0, 0.05) is 5.56 Å². The normalized spacial score (nSPS) is 12.0. The highest BCUT2D eigenvalue weighted by Gasteiger charge is 2.30. The van der Waals surface area contributed by atoms with Gasteiger partial charge in [0.2, 0.25) is 0 Å². The topological polar surface area (TPSA) is 52.6 Å². The molecule has 0 N–H and O–H groups in total. The number of benzene rings is 2. The van der Waals surface area contributed by atoms with Gasteiger partial charge >= 0.3 is 11.9 Å². The molecule has 0 aliphatic rings. The van der Waals surface area contributed by atoms with Crippen molar-refractivity contribution in [3.05, 3.63) is 64.2 Å². The second kappa shape index (κ2) is 10.2. The van der Waals surface area contributed by atoms with E-state index in [-0.39, 0.29) is 11.9 Å². The number of aryl methyl sites for hydroxylation is 3. The van der Waals surface area contributed by atoms with Crippen LogP contribution in [-0.2, 0) is 16.0 Å². The molecular weight excluding hydrogens is 364 g/mol. The summed E-state index contributed by atoms with van der Waals surface area (Å²) in [6.07, 6.45) is 2.03. The van der Waals surface area contributed by atoms with Crippen molar-refractivity contribution in [2.24, 2.45) is 5.92 Å². The molecule has 4 heteroatoms. The number of rotatable bonds is 8. The van der Waals surface area contributed by atoms with E-state index in [1.807, 2.05) is 52.0 Å². The lowest BCUT2D eigenvalue weighted by atomic mass is 9.86. The van der Waals surface area contributed by atoms with Crippen LogP contribution in [0, 0.1) is 19.8 Å². The van der Waals surface area contributed by atoms with Crippen LogP contribution in [0.3, 0.4) is 0 Å². The highest BCUT2D eigenvalue weighted by molar-refractivity contribution is 5.92. The van der Waals surface area contributed by atoms with E-state index in [9.17, 15) is 9.59 Å². The minimum Gasteiger partial charge on any atom is -0.466 e. The molecule has 29 heavy (non-hydrogen) atoms. The molecule has 156 valence electrons. The fourth-order valence-corrected chi connectivity index (χ4v) is 3.60. The van der Waals surface area contributed by atoms with Gasteiger partial charge in [-0.3, -0.25) is 4.79 Å². The quantitative estimate of drug-likeness (QED) is 0.419. The van der Waals surface area contributed by atoms with Crippen molar-refractivity contribution in [3.63, 3.8) is 0 Å².